The van der Waals surface area contributed by atoms with Crippen molar-refractivity contribution < 1.29 is 4.42 Å². The lowest BCUT2D eigenvalue weighted by molar-refractivity contribution is 0.666. The molecule has 4 heterocycles. The van der Waals surface area contributed by atoms with Gasteiger partial charge in [0.1, 0.15) is 16.8 Å². The predicted octanol–water partition coefficient (Wildman–Crippen LogP) is 14.8. The normalized spacial score (nSPS) is 12.3. The predicted molar refractivity (Wildman–Crippen MR) is 253 cm³/mol. The van der Waals surface area contributed by atoms with E-state index in [1.165, 1.54) is 53.9 Å². The smallest absolute Gasteiger partial charge is 0.236 e. The molecule has 0 aliphatic rings. The van der Waals surface area contributed by atoms with Crippen LogP contribution in [0, 0.1) is 0 Å². The molecule has 0 N–H and O–H groups in total. The highest BCUT2D eigenvalue weighted by atomic mass is 16.3. The molecule has 14 rings (SSSR count). The van der Waals surface area contributed by atoms with E-state index in [2.05, 4.69) is 191 Å². The van der Waals surface area contributed by atoms with Crippen molar-refractivity contribution >= 4 is 109 Å². The first-order valence-electron chi connectivity index (χ1n) is 20.7. The van der Waals surface area contributed by atoms with E-state index < -0.39 is 0 Å². The quantitative estimate of drug-likeness (QED) is 0.168. The molecule has 0 amide bonds. The second-order valence-corrected chi connectivity index (χ2v) is 16.1. The number of rotatable bonds is 3. The topological polar surface area (TPSA) is 48.8 Å². The Bertz CT molecular complexity index is 4140. The summed E-state index contributed by atoms with van der Waals surface area (Å²) in [6.45, 7) is 0. The standard InChI is InChI=1S/C56H32N4O/c1-2-16-36(17-3-1)59-46-24-12-10-21-40(46)41-27-26-35(32-48(41)59)53-55-54(44-23-11-13-25-50(44)61-55)58-56(57-53)60-47-29-28-43-39-20-7-6-18-37(39)38-19-8-9-22-42(38)51(43)52(47)45-30-33-14-4-5-15-34(33)31-49(45)60/h1-32H. The van der Waals surface area contributed by atoms with Gasteiger partial charge < -0.3 is 8.98 Å². The van der Waals surface area contributed by atoms with Gasteiger partial charge in [0, 0.05) is 43.6 Å². The summed E-state index contributed by atoms with van der Waals surface area (Å²) in [4.78, 5) is 11.1. The third-order valence-corrected chi connectivity index (χ3v) is 12.9. The molecule has 282 valence electrons. The first kappa shape index (κ1) is 32.7. The Hall–Kier alpha value is -8.28. The van der Waals surface area contributed by atoms with E-state index >= 15 is 0 Å². The molecule has 61 heavy (non-hydrogen) atoms. The highest BCUT2D eigenvalue weighted by Gasteiger charge is 2.24. The highest BCUT2D eigenvalue weighted by molar-refractivity contribution is 6.35. The van der Waals surface area contributed by atoms with Crippen molar-refractivity contribution in [2.24, 2.45) is 0 Å². The highest BCUT2D eigenvalue weighted by Crippen LogP contribution is 2.45. The van der Waals surface area contributed by atoms with E-state index in [9.17, 15) is 0 Å². The minimum atomic E-state index is 0.595. The summed E-state index contributed by atoms with van der Waals surface area (Å²) in [5.74, 6) is 0.595. The maximum atomic E-state index is 6.73. The summed E-state index contributed by atoms with van der Waals surface area (Å²) in [6, 6.07) is 69.6. The second kappa shape index (κ2) is 12.1. The largest absolute Gasteiger partial charge is 0.452 e. The van der Waals surface area contributed by atoms with E-state index in [1.807, 2.05) is 12.1 Å². The summed E-state index contributed by atoms with van der Waals surface area (Å²) in [7, 11) is 0. The van der Waals surface area contributed by atoms with E-state index in [-0.39, 0.29) is 0 Å². The molecule has 0 unspecified atom stereocenters. The molecule has 0 bridgehead atoms. The molecule has 0 saturated carbocycles. The fraction of sp³-hybridized carbons (Fsp3) is 0. The number of hydrogen-bond donors (Lipinski definition) is 0. The van der Waals surface area contributed by atoms with Crippen molar-refractivity contribution in [1.29, 1.82) is 0 Å². The van der Waals surface area contributed by atoms with Crippen LogP contribution in [0.5, 0.6) is 0 Å². The Morgan fingerprint density at radius 1 is 0.361 bits per heavy atom. The van der Waals surface area contributed by atoms with E-state index in [0.29, 0.717) is 11.5 Å². The lowest BCUT2D eigenvalue weighted by Gasteiger charge is -2.13. The number of nitrogens with zero attached hydrogens (tertiary/aromatic N) is 4. The third kappa shape index (κ3) is 4.49. The molecular weight excluding hydrogens is 745 g/mol. The van der Waals surface area contributed by atoms with Crippen molar-refractivity contribution in [2.45, 2.75) is 0 Å². The molecule has 4 aromatic heterocycles. The van der Waals surface area contributed by atoms with Gasteiger partial charge in [-0.05, 0) is 92.3 Å². The lowest BCUT2D eigenvalue weighted by atomic mass is 9.91. The number of furan rings is 1. The van der Waals surface area contributed by atoms with Crippen LogP contribution in [0.15, 0.2) is 199 Å². The molecule has 0 spiro atoms. The molecule has 0 saturated heterocycles. The maximum Gasteiger partial charge on any atom is 0.236 e. The Balaban J connectivity index is 1.14. The number of aromatic nitrogens is 4. The van der Waals surface area contributed by atoms with Crippen molar-refractivity contribution in [3.63, 3.8) is 0 Å². The Morgan fingerprint density at radius 3 is 1.75 bits per heavy atom. The van der Waals surface area contributed by atoms with Crippen LogP contribution in [0.4, 0.5) is 0 Å². The fourth-order valence-corrected chi connectivity index (χ4v) is 10.3. The van der Waals surface area contributed by atoms with Crippen molar-refractivity contribution in [2.75, 3.05) is 0 Å². The number of hydrogen-bond acceptors (Lipinski definition) is 3. The van der Waals surface area contributed by atoms with Crippen LogP contribution in [-0.2, 0) is 0 Å². The van der Waals surface area contributed by atoms with Crippen LogP contribution in [0.3, 0.4) is 0 Å². The Kier molecular flexibility index (Phi) is 6.49. The maximum absolute atomic E-state index is 6.73. The van der Waals surface area contributed by atoms with Crippen LogP contribution < -0.4 is 0 Å². The van der Waals surface area contributed by atoms with Gasteiger partial charge in [-0.25, -0.2) is 9.97 Å². The van der Waals surface area contributed by atoms with Gasteiger partial charge in [0.25, 0.3) is 0 Å². The zero-order chi connectivity index (χ0) is 39.8. The first-order chi connectivity index (χ1) is 30.3. The molecule has 0 aliphatic heterocycles. The molecule has 5 heteroatoms. The first-order valence-corrected chi connectivity index (χ1v) is 20.7. The molecule has 0 fully saturated rings. The summed E-state index contributed by atoms with van der Waals surface area (Å²) in [5, 5.41) is 15.5. The van der Waals surface area contributed by atoms with Crippen molar-refractivity contribution in [3.05, 3.63) is 194 Å². The molecule has 0 radical (unpaired) electrons. The molecular formula is C56H32N4O. The molecule has 0 atom stereocenters. The van der Waals surface area contributed by atoms with Gasteiger partial charge in [0.15, 0.2) is 5.58 Å². The summed E-state index contributed by atoms with van der Waals surface area (Å²) in [6.07, 6.45) is 0. The monoisotopic (exact) mass is 776 g/mol. The Labute approximate surface area is 347 Å². The summed E-state index contributed by atoms with van der Waals surface area (Å²) < 4.78 is 11.4. The molecule has 5 nitrogen and oxygen atoms in total. The van der Waals surface area contributed by atoms with Crippen LogP contribution in [0.1, 0.15) is 0 Å². The van der Waals surface area contributed by atoms with Crippen molar-refractivity contribution in [3.8, 4) is 22.9 Å². The second-order valence-electron chi connectivity index (χ2n) is 16.1. The van der Waals surface area contributed by atoms with Gasteiger partial charge in [-0.2, -0.15) is 0 Å². The zero-order valence-corrected chi connectivity index (χ0v) is 32.7. The van der Waals surface area contributed by atoms with E-state index in [1.54, 1.807) is 0 Å². The number of para-hydroxylation sites is 3. The average molecular weight is 777 g/mol. The third-order valence-electron chi connectivity index (χ3n) is 12.9. The van der Waals surface area contributed by atoms with Gasteiger partial charge >= 0.3 is 0 Å². The molecule has 10 aromatic carbocycles. The van der Waals surface area contributed by atoms with Gasteiger partial charge in [0.2, 0.25) is 5.95 Å². The number of fused-ring (bicyclic) bond motifs is 17. The van der Waals surface area contributed by atoms with Gasteiger partial charge in [-0.15, -0.1) is 0 Å². The van der Waals surface area contributed by atoms with Crippen LogP contribution >= 0.6 is 0 Å². The Morgan fingerprint density at radius 2 is 0.951 bits per heavy atom. The summed E-state index contributed by atoms with van der Waals surface area (Å²) >= 11 is 0. The minimum Gasteiger partial charge on any atom is -0.452 e. The van der Waals surface area contributed by atoms with Crippen LogP contribution in [0.25, 0.3) is 132 Å². The lowest BCUT2D eigenvalue weighted by Crippen LogP contribution is -2.03. The van der Waals surface area contributed by atoms with Gasteiger partial charge in [-0.1, -0.05) is 140 Å². The number of benzene rings is 10. The summed E-state index contributed by atoms with van der Waals surface area (Å²) in [5.41, 5.74) is 9.40. The fourth-order valence-electron chi connectivity index (χ4n) is 10.3. The van der Waals surface area contributed by atoms with Crippen LogP contribution in [0.2, 0.25) is 0 Å². The molecule has 14 aromatic rings. The van der Waals surface area contributed by atoms with Crippen LogP contribution in [-0.4, -0.2) is 19.1 Å². The average Bonchev–Trinajstić information content (AvgIpc) is 3.98. The van der Waals surface area contributed by atoms with Crippen molar-refractivity contribution in [1.82, 2.24) is 19.1 Å². The van der Waals surface area contributed by atoms with E-state index in [4.69, 9.17) is 14.4 Å². The van der Waals surface area contributed by atoms with Gasteiger partial charge in [0.05, 0.1) is 22.1 Å². The molecule has 0 aliphatic carbocycles. The van der Waals surface area contributed by atoms with E-state index in [0.717, 1.165) is 66.3 Å². The zero-order valence-electron chi connectivity index (χ0n) is 32.7. The van der Waals surface area contributed by atoms with Gasteiger partial charge in [-0.3, -0.25) is 4.57 Å². The minimum absolute atomic E-state index is 0.595. The SMILES string of the molecule is c1ccc(-n2c3ccccc3c3ccc(-c4nc(-n5c6cc7ccccc7cc6c6c7c8ccccc8c8ccccc8c7ccc65)nc5c4oc4ccccc45)cc32)cc1.